The average Bonchev–Trinajstić information content (AvgIpc) is 3.27. The number of hydrogen-bond acceptors (Lipinski definition) is 10. The van der Waals surface area contributed by atoms with Crippen LogP contribution in [0.2, 0.25) is 0 Å². The van der Waals surface area contributed by atoms with Gasteiger partial charge in [0.2, 0.25) is 6.29 Å². The van der Waals surface area contributed by atoms with Crippen molar-refractivity contribution in [3.63, 3.8) is 0 Å². The minimum absolute atomic E-state index is 0.0172. The molecular formula is C30H50O10. The molecule has 0 aromatic heterocycles. The van der Waals surface area contributed by atoms with Gasteiger partial charge in [0.25, 0.3) is 0 Å². The van der Waals surface area contributed by atoms with Crippen molar-refractivity contribution in [3.8, 4) is 0 Å². The number of rotatable bonds is 6. The van der Waals surface area contributed by atoms with Crippen LogP contribution in [0.25, 0.3) is 0 Å². The van der Waals surface area contributed by atoms with E-state index in [-0.39, 0.29) is 58.9 Å². The molecule has 16 atom stereocenters. The average molecular weight is 571 g/mol. The smallest absolute Gasteiger partial charge is 0.308 e. The minimum Gasteiger partial charge on any atom is -0.433 e. The lowest BCUT2D eigenvalue weighted by molar-refractivity contribution is -0.292. The Bertz CT molecular complexity index is 915. The Balaban J connectivity index is 1.23. The van der Waals surface area contributed by atoms with Gasteiger partial charge in [0.15, 0.2) is 0 Å². The lowest BCUT2D eigenvalue weighted by atomic mass is 9.43. The van der Waals surface area contributed by atoms with Crippen LogP contribution in [0.4, 0.5) is 0 Å². The standard InChI is InChI=1S/C30H50O10/c1-14(4-7-23(35)40-28-27(38)26(37)25(36)21(13-31)39-28)17-5-6-18-24-19(12-22(34)30(17,18)3)29(2)9-8-16(32)10-15(29)11-20(24)33/h14-22,24-28,31-34,36-38H,4-13H2,1-3H3/t14-,15+,16-,17-,18+,19+,20-,21-,22+,24+,25-,26+,27-,28+,29+,30-/m1/s1. The van der Waals surface area contributed by atoms with Crippen molar-refractivity contribution in [1.82, 2.24) is 0 Å². The van der Waals surface area contributed by atoms with Crippen molar-refractivity contribution in [2.45, 2.75) is 128 Å². The fourth-order valence-electron chi connectivity index (χ4n) is 10.0. The summed E-state index contributed by atoms with van der Waals surface area (Å²) in [6.45, 7) is 5.98. The monoisotopic (exact) mass is 570 g/mol. The third-order valence-corrected chi connectivity index (χ3v) is 12.4. The van der Waals surface area contributed by atoms with Crippen LogP contribution in [0, 0.1) is 46.3 Å². The third-order valence-electron chi connectivity index (χ3n) is 12.4. The zero-order valence-electron chi connectivity index (χ0n) is 24.0. The largest absolute Gasteiger partial charge is 0.433 e. The predicted molar refractivity (Wildman–Crippen MR) is 142 cm³/mol. The molecule has 1 saturated heterocycles. The number of aliphatic hydroxyl groups excluding tert-OH is 7. The van der Waals surface area contributed by atoms with E-state index in [1.807, 2.05) is 0 Å². The summed E-state index contributed by atoms with van der Waals surface area (Å²) in [5.74, 6) is 0.463. The molecule has 1 aliphatic heterocycles. The van der Waals surface area contributed by atoms with Gasteiger partial charge in [-0.05, 0) is 97.7 Å². The molecule has 10 heteroatoms. The molecule has 10 nitrogen and oxygen atoms in total. The second-order valence-electron chi connectivity index (χ2n) is 14.2. The van der Waals surface area contributed by atoms with Crippen molar-refractivity contribution in [1.29, 1.82) is 0 Å². The number of ether oxygens (including phenoxy) is 2. The highest BCUT2D eigenvalue weighted by atomic mass is 16.7. The molecule has 0 unspecified atom stereocenters. The minimum atomic E-state index is -1.63. The zero-order valence-corrected chi connectivity index (χ0v) is 24.0. The second kappa shape index (κ2) is 11.3. The highest BCUT2D eigenvalue weighted by Crippen LogP contribution is 2.68. The summed E-state index contributed by atoms with van der Waals surface area (Å²) in [5, 5.41) is 72.9. The Morgan fingerprint density at radius 3 is 2.38 bits per heavy atom. The van der Waals surface area contributed by atoms with Crippen LogP contribution >= 0.6 is 0 Å². The van der Waals surface area contributed by atoms with E-state index in [4.69, 9.17) is 9.47 Å². The zero-order chi connectivity index (χ0) is 29.1. The number of carbonyl (C=O) groups excluding carboxylic acids is 1. The van der Waals surface area contributed by atoms with Crippen molar-refractivity contribution in [3.05, 3.63) is 0 Å². The Morgan fingerprint density at radius 1 is 0.950 bits per heavy atom. The highest BCUT2D eigenvalue weighted by molar-refractivity contribution is 5.69. The molecule has 1 heterocycles. The first-order chi connectivity index (χ1) is 18.8. The number of hydrogen-bond donors (Lipinski definition) is 7. The van der Waals surface area contributed by atoms with E-state index >= 15 is 0 Å². The molecule has 4 saturated carbocycles. The molecule has 230 valence electrons. The van der Waals surface area contributed by atoms with Crippen LogP contribution in [0.3, 0.4) is 0 Å². The lowest BCUT2D eigenvalue weighted by Gasteiger charge is -2.63. The summed E-state index contributed by atoms with van der Waals surface area (Å²) >= 11 is 0. The van der Waals surface area contributed by atoms with Gasteiger partial charge < -0.3 is 45.2 Å². The SMILES string of the molecule is C[C@H](CCC(=O)O[C@@H]1O[C@H](CO)[C@@H](O)[C@H](O)[C@H]1O)[C@H]1CC[C@H]2[C@@H]3[C@H](O)C[C@@H]4C[C@H](O)CC[C@]4(C)[C@H]3C[C@H](O)[C@]12C. The maximum Gasteiger partial charge on any atom is 0.308 e. The third kappa shape index (κ3) is 4.94. The lowest BCUT2D eigenvalue weighted by Crippen LogP contribution is -2.62. The Morgan fingerprint density at radius 2 is 1.68 bits per heavy atom. The van der Waals surface area contributed by atoms with Gasteiger partial charge in [-0.15, -0.1) is 0 Å². The van der Waals surface area contributed by atoms with Gasteiger partial charge in [-0.1, -0.05) is 20.8 Å². The Labute approximate surface area is 236 Å². The summed E-state index contributed by atoms with van der Waals surface area (Å²) in [5.41, 5.74) is -0.358. The number of aliphatic hydroxyl groups is 7. The van der Waals surface area contributed by atoms with Crippen LogP contribution in [-0.2, 0) is 14.3 Å². The van der Waals surface area contributed by atoms with Crippen LogP contribution < -0.4 is 0 Å². The first kappa shape index (κ1) is 30.6. The van der Waals surface area contributed by atoms with E-state index in [0.29, 0.717) is 19.3 Å². The maximum atomic E-state index is 12.7. The predicted octanol–water partition coefficient (Wildman–Crippen LogP) is 0.707. The van der Waals surface area contributed by atoms with Crippen molar-refractivity contribution < 1.29 is 50.0 Å². The molecule has 5 aliphatic rings. The molecule has 0 bridgehead atoms. The van der Waals surface area contributed by atoms with Gasteiger partial charge in [-0.2, -0.15) is 0 Å². The molecule has 5 rings (SSSR count). The fourth-order valence-corrected chi connectivity index (χ4v) is 10.0. The van der Waals surface area contributed by atoms with Gasteiger partial charge in [-0.25, -0.2) is 0 Å². The van der Waals surface area contributed by atoms with Crippen molar-refractivity contribution in [2.75, 3.05) is 6.61 Å². The van der Waals surface area contributed by atoms with Gasteiger partial charge in [0.05, 0.1) is 24.9 Å². The van der Waals surface area contributed by atoms with E-state index in [1.165, 1.54) is 0 Å². The van der Waals surface area contributed by atoms with Crippen molar-refractivity contribution >= 4 is 5.97 Å². The van der Waals surface area contributed by atoms with Crippen LogP contribution in [0.15, 0.2) is 0 Å². The summed E-state index contributed by atoms with van der Waals surface area (Å²) in [6, 6.07) is 0. The molecule has 4 aliphatic carbocycles. The first-order valence-electron chi connectivity index (χ1n) is 15.4. The number of esters is 1. The first-order valence-corrected chi connectivity index (χ1v) is 15.4. The van der Waals surface area contributed by atoms with Crippen molar-refractivity contribution in [2.24, 2.45) is 46.3 Å². The summed E-state index contributed by atoms with van der Waals surface area (Å²) in [6.07, 6.45) is -2.43. The summed E-state index contributed by atoms with van der Waals surface area (Å²) in [4.78, 5) is 12.7. The summed E-state index contributed by atoms with van der Waals surface area (Å²) < 4.78 is 10.6. The Hall–Kier alpha value is -0.850. The van der Waals surface area contributed by atoms with Crippen LogP contribution in [0.5, 0.6) is 0 Å². The van der Waals surface area contributed by atoms with E-state index in [9.17, 15) is 40.5 Å². The molecule has 0 radical (unpaired) electrons. The van der Waals surface area contributed by atoms with Gasteiger partial charge in [-0.3, -0.25) is 4.79 Å². The van der Waals surface area contributed by atoms with E-state index in [0.717, 1.165) is 32.1 Å². The Kier molecular flexibility index (Phi) is 8.67. The molecule has 40 heavy (non-hydrogen) atoms. The molecule has 0 amide bonds. The molecule has 0 spiro atoms. The molecule has 5 fully saturated rings. The van der Waals surface area contributed by atoms with E-state index in [2.05, 4.69) is 20.8 Å². The van der Waals surface area contributed by atoms with Gasteiger partial charge >= 0.3 is 5.97 Å². The second-order valence-corrected chi connectivity index (χ2v) is 14.2. The quantitative estimate of drug-likeness (QED) is 0.225. The molecule has 0 aromatic rings. The van der Waals surface area contributed by atoms with Crippen LogP contribution in [0.1, 0.15) is 78.6 Å². The molecular weight excluding hydrogens is 520 g/mol. The summed E-state index contributed by atoms with van der Waals surface area (Å²) in [7, 11) is 0. The fraction of sp³-hybridized carbons (Fsp3) is 0.967. The van der Waals surface area contributed by atoms with Gasteiger partial charge in [0, 0.05) is 6.42 Å². The number of fused-ring (bicyclic) bond motifs is 5. The highest BCUT2D eigenvalue weighted by Gasteiger charge is 2.65. The van der Waals surface area contributed by atoms with E-state index in [1.54, 1.807) is 0 Å². The number of carbonyl (C=O) groups is 1. The molecule has 0 aromatic carbocycles. The maximum absolute atomic E-state index is 12.7. The normalized spacial score (nSPS) is 53.2. The van der Waals surface area contributed by atoms with E-state index < -0.39 is 55.5 Å². The van der Waals surface area contributed by atoms with Gasteiger partial charge in [0.1, 0.15) is 24.4 Å². The topological polar surface area (TPSA) is 177 Å². The van der Waals surface area contributed by atoms with Crippen LogP contribution in [-0.4, -0.2) is 97.3 Å². The molecule has 7 N–H and O–H groups in total.